The molecule has 0 aliphatic carbocycles. The first-order valence-electron chi connectivity index (χ1n) is 10.5. The highest BCUT2D eigenvalue weighted by molar-refractivity contribution is 7.22. The van der Waals surface area contributed by atoms with Crippen LogP contribution in [0.4, 0.5) is 5.13 Å². The summed E-state index contributed by atoms with van der Waals surface area (Å²) in [4.78, 5) is 18.3. The number of aromatic nitrogens is 1. The fourth-order valence-electron chi connectivity index (χ4n) is 3.56. The zero-order valence-corrected chi connectivity index (χ0v) is 19.0. The summed E-state index contributed by atoms with van der Waals surface area (Å²) < 4.78 is 6.24. The number of nitrogens with zero attached hydrogens (tertiary/aromatic N) is 3. The first kappa shape index (κ1) is 20.8. The summed E-state index contributed by atoms with van der Waals surface area (Å²) in [5.74, 6) is 0.527. The van der Waals surface area contributed by atoms with Crippen LogP contribution in [0.25, 0.3) is 21.0 Å². The molecule has 0 bridgehead atoms. The number of benzene rings is 4. The fourth-order valence-corrected chi connectivity index (χ4v) is 4.58. The van der Waals surface area contributed by atoms with E-state index in [0.717, 1.165) is 37.9 Å². The van der Waals surface area contributed by atoms with Gasteiger partial charge in [-0.3, -0.25) is 4.79 Å². The quantitative estimate of drug-likeness (QED) is 0.228. The fraction of sp³-hybridized carbons (Fsp3) is 0.0741. The van der Waals surface area contributed by atoms with Gasteiger partial charge in [-0.25, -0.2) is 4.98 Å². The average molecular weight is 452 g/mol. The van der Waals surface area contributed by atoms with Crippen LogP contribution in [0.1, 0.15) is 21.5 Å². The highest BCUT2D eigenvalue weighted by atomic mass is 32.1. The van der Waals surface area contributed by atoms with Crippen LogP contribution in [-0.2, 0) is 0 Å². The maximum absolute atomic E-state index is 13.6. The molecular weight excluding hydrogens is 430 g/mol. The summed E-state index contributed by atoms with van der Waals surface area (Å²) in [6, 6.07) is 27.2. The van der Waals surface area contributed by atoms with E-state index < -0.39 is 0 Å². The van der Waals surface area contributed by atoms with Gasteiger partial charge in [0, 0.05) is 5.56 Å². The van der Waals surface area contributed by atoms with Crippen molar-refractivity contribution >= 4 is 49.6 Å². The van der Waals surface area contributed by atoms with Gasteiger partial charge in [0.15, 0.2) is 0 Å². The molecule has 0 unspecified atom stereocenters. The van der Waals surface area contributed by atoms with Crippen molar-refractivity contribution in [3.63, 3.8) is 0 Å². The van der Waals surface area contributed by atoms with Crippen molar-refractivity contribution in [2.45, 2.75) is 6.92 Å². The van der Waals surface area contributed by atoms with E-state index in [1.165, 1.54) is 16.3 Å². The second-order valence-corrected chi connectivity index (χ2v) is 8.67. The van der Waals surface area contributed by atoms with E-state index in [4.69, 9.17) is 9.72 Å². The lowest BCUT2D eigenvalue weighted by Crippen LogP contribution is -2.25. The Morgan fingerprint density at radius 3 is 2.55 bits per heavy atom. The van der Waals surface area contributed by atoms with Crippen molar-refractivity contribution in [1.82, 2.24) is 4.98 Å². The van der Waals surface area contributed by atoms with Gasteiger partial charge in [0.05, 0.1) is 23.5 Å². The van der Waals surface area contributed by atoms with Crippen LogP contribution in [-0.4, -0.2) is 24.2 Å². The third kappa shape index (κ3) is 4.33. The van der Waals surface area contributed by atoms with Crippen LogP contribution in [0.3, 0.4) is 0 Å². The number of thiazole rings is 1. The second kappa shape index (κ2) is 8.84. The van der Waals surface area contributed by atoms with Crippen molar-refractivity contribution in [3.8, 4) is 5.75 Å². The van der Waals surface area contributed by atoms with Gasteiger partial charge in [0.25, 0.3) is 5.91 Å². The van der Waals surface area contributed by atoms with E-state index in [1.807, 2.05) is 85.8 Å². The number of hydrogen-bond donors (Lipinski definition) is 0. The minimum absolute atomic E-state index is 0.235. The minimum Gasteiger partial charge on any atom is -0.497 e. The number of methoxy groups -OCH3 is 1. The molecule has 1 amide bonds. The molecule has 0 radical (unpaired) electrons. The van der Waals surface area contributed by atoms with E-state index in [0.29, 0.717) is 10.7 Å². The molecule has 162 valence electrons. The van der Waals surface area contributed by atoms with Gasteiger partial charge in [0.2, 0.25) is 5.13 Å². The molecule has 5 aromatic rings. The molecule has 1 aromatic heterocycles. The summed E-state index contributed by atoms with van der Waals surface area (Å²) in [5.41, 5.74) is 3.39. The summed E-state index contributed by atoms with van der Waals surface area (Å²) in [5, 5.41) is 8.55. The summed E-state index contributed by atoms with van der Waals surface area (Å²) in [7, 11) is 1.63. The number of aryl methyl sites for hydroxylation is 1. The SMILES string of the molecule is COc1ccc(/C=N/N(C(=O)c2ccc3ccccc3c2)c2nc3ccc(C)cc3s2)cc1. The van der Waals surface area contributed by atoms with Crippen molar-refractivity contribution in [2.75, 3.05) is 12.1 Å². The lowest BCUT2D eigenvalue weighted by molar-refractivity contribution is 0.0988. The van der Waals surface area contributed by atoms with E-state index in [-0.39, 0.29) is 5.91 Å². The lowest BCUT2D eigenvalue weighted by atomic mass is 10.1. The van der Waals surface area contributed by atoms with Crippen molar-refractivity contribution in [2.24, 2.45) is 5.10 Å². The van der Waals surface area contributed by atoms with Gasteiger partial charge in [-0.15, -0.1) is 0 Å². The molecule has 0 fully saturated rings. The lowest BCUT2D eigenvalue weighted by Gasteiger charge is -2.14. The average Bonchev–Trinajstić information content (AvgIpc) is 3.27. The Morgan fingerprint density at radius 2 is 1.76 bits per heavy atom. The highest BCUT2D eigenvalue weighted by Crippen LogP contribution is 2.31. The van der Waals surface area contributed by atoms with Crippen LogP contribution in [0.15, 0.2) is 90.0 Å². The van der Waals surface area contributed by atoms with Crippen LogP contribution in [0.2, 0.25) is 0 Å². The number of hydrogen-bond acceptors (Lipinski definition) is 5. The summed E-state index contributed by atoms with van der Waals surface area (Å²) in [6.45, 7) is 2.04. The van der Waals surface area contributed by atoms with E-state index >= 15 is 0 Å². The Labute approximate surface area is 195 Å². The molecule has 0 spiro atoms. The smallest absolute Gasteiger partial charge is 0.280 e. The van der Waals surface area contributed by atoms with Crippen LogP contribution >= 0.6 is 11.3 Å². The Balaban J connectivity index is 1.56. The molecule has 5 rings (SSSR count). The minimum atomic E-state index is -0.235. The molecule has 5 nitrogen and oxygen atoms in total. The van der Waals surface area contributed by atoms with Crippen LogP contribution < -0.4 is 9.75 Å². The molecule has 4 aromatic carbocycles. The molecule has 0 aliphatic rings. The molecule has 1 heterocycles. The van der Waals surface area contributed by atoms with E-state index in [1.54, 1.807) is 13.3 Å². The Morgan fingerprint density at radius 1 is 0.970 bits per heavy atom. The number of rotatable bonds is 5. The molecule has 0 aliphatic heterocycles. The maximum atomic E-state index is 13.6. The van der Waals surface area contributed by atoms with Gasteiger partial charge in [-0.2, -0.15) is 10.1 Å². The number of carbonyl (C=O) groups is 1. The molecule has 0 saturated heterocycles. The predicted molar refractivity (Wildman–Crippen MR) is 136 cm³/mol. The monoisotopic (exact) mass is 451 g/mol. The molecule has 0 atom stereocenters. The van der Waals surface area contributed by atoms with Gasteiger partial charge in [-0.1, -0.05) is 47.7 Å². The molecule has 33 heavy (non-hydrogen) atoms. The van der Waals surface area contributed by atoms with E-state index in [9.17, 15) is 4.79 Å². The number of ether oxygens (including phenoxy) is 1. The second-order valence-electron chi connectivity index (χ2n) is 7.66. The molecule has 0 saturated carbocycles. The number of amides is 1. The van der Waals surface area contributed by atoms with Crippen LogP contribution in [0, 0.1) is 6.92 Å². The molecule has 6 heteroatoms. The maximum Gasteiger partial charge on any atom is 0.280 e. The van der Waals surface area contributed by atoms with Crippen LogP contribution in [0.5, 0.6) is 5.75 Å². The predicted octanol–water partition coefficient (Wildman–Crippen LogP) is 6.45. The molecular formula is C27H21N3O2S. The van der Waals surface area contributed by atoms with Gasteiger partial charge >= 0.3 is 0 Å². The first-order valence-corrected chi connectivity index (χ1v) is 11.3. The Kier molecular flexibility index (Phi) is 5.59. The van der Waals surface area contributed by atoms with Gasteiger partial charge in [0.1, 0.15) is 5.75 Å². The largest absolute Gasteiger partial charge is 0.497 e. The third-order valence-electron chi connectivity index (χ3n) is 5.34. The zero-order chi connectivity index (χ0) is 22.8. The van der Waals surface area contributed by atoms with Gasteiger partial charge in [-0.05, 0) is 77.4 Å². The van der Waals surface area contributed by atoms with Crippen molar-refractivity contribution < 1.29 is 9.53 Å². The normalized spacial score (nSPS) is 11.3. The first-order chi connectivity index (χ1) is 16.1. The number of fused-ring (bicyclic) bond motifs is 2. The molecule has 0 N–H and O–H groups in total. The van der Waals surface area contributed by atoms with Crippen molar-refractivity contribution in [3.05, 3.63) is 102 Å². The standard InChI is InChI=1S/C27H21N3O2S/c1-18-7-14-24-25(15-18)33-27(29-24)30(28-17-19-8-12-23(32-2)13-9-19)26(31)22-11-10-20-5-3-4-6-21(20)16-22/h3-17H,1-2H3/b28-17+. The number of anilines is 1. The zero-order valence-electron chi connectivity index (χ0n) is 18.2. The Hall–Kier alpha value is -4.03. The summed E-state index contributed by atoms with van der Waals surface area (Å²) >= 11 is 1.45. The third-order valence-corrected chi connectivity index (χ3v) is 6.33. The number of carbonyl (C=O) groups excluding carboxylic acids is 1. The highest BCUT2D eigenvalue weighted by Gasteiger charge is 2.21. The van der Waals surface area contributed by atoms with Gasteiger partial charge < -0.3 is 4.74 Å². The number of hydrazone groups is 1. The van der Waals surface area contributed by atoms with Crippen molar-refractivity contribution in [1.29, 1.82) is 0 Å². The topological polar surface area (TPSA) is 54.8 Å². The summed E-state index contributed by atoms with van der Waals surface area (Å²) in [6.07, 6.45) is 1.66. The van der Waals surface area contributed by atoms with E-state index in [2.05, 4.69) is 11.2 Å². The Bertz CT molecular complexity index is 1490.